The van der Waals surface area contributed by atoms with E-state index in [4.69, 9.17) is 9.47 Å². The molecule has 0 aromatic heterocycles. The maximum Gasteiger partial charge on any atom is 0.182 e. The number of piperidine rings is 3. The Morgan fingerprint density at radius 2 is 2.00 bits per heavy atom. The van der Waals surface area contributed by atoms with Gasteiger partial charge in [0.2, 0.25) is 0 Å². The maximum atomic E-state index is 12.4. The van der Waals surface area contributed by atoms with E-state index in [1.165, 1.54) is 12.8 Å². The Kier molecular flexibility index (Phi) is 5.44. The lowest BCUT2D eigenvalue weighted by molar-refractivity contribution is -0.125. The first kappa shape index (κ1) is 16.9. The van der Waals surface area contributed by atoms with Crippen molar-refractivity contribution in [2.75, 3.05) is 26.8 Å². The lowest BCUT2D eigenvalue weighted by Crippen LogP contribution is -2.45. The number of hydrogen-bond donors (Lipinski definition) is 0. The quantitative estimate of drug-likeness (QED) is 0.562. The first-order valence-electron chi connectivity index (χ1n) is 9.04. The largest absolute Gasteiger partial charge is 0.493 e. The van der Waals surface area contributed by atoms with Crippen LogP contribution in [0.4, 0.5) is 0 Å². The minimum atomic E-state index is 0.226. The fourth-order valence-corrected chi connectivity index (χ4v) is 3.50. The highest BCUT2D eigenvalue weighted by Crippen LogP contribution is 2.34. The molecule has 0 N–H and O–H groups in total. The molecular weight excluding hydrogens is 302 g/mol. The molecule has 4 nitrogen and oxygen atoms in total. The summed E-state index contributed by atoms with van der Waals surface area (Å²) >= 11 is 0. The molecule has 3 heterocycles. The van der Waals surface area contributed by atoms with Gasteiger partial charge in [-0.15, -0.1) is 0 Å². The van der Waals surface area contributed by atoms with Crippen LogP contribution >= 0.6 is 0 Å². The number of allylic oxidation sites excluding steroid dienone is 1. The van der Waals surface area contributed by atoms with Crippen molar-refractivity contribution in [3.05, 3.63) is 29.5 Å². The molecule has 0 amide bonds. The van der Waals surface area contributed by atoms with Crippen LogP contribution in [-0.4, -0.2) is 37.5 Å². The summed E-state index contributed by atoms with van der Waals surface area (Å²) in [5.74, 6) is 2.02. The molecule has 1 aromatic rings. The Labute approximate surface area is 144 Å². The standard InChI is InChI=1S/C20H27NO3/c1-3-4-5-12-24-18-7-6-15(14-19(18)23-2)13-17-20(22)16-8-10-21(17)11-9-16/h6-7,13-14,16H,3-5,8-12H2,1-2H3/b17-13-. The molecule has 3 saturated heterocycles. The highest BCUT2D eigenvalue weighted by atomic mass is 16.5. The molecule has 4 rings (SSSR count). The Bertz CT molecular complexity index is 615. The minimum absolute atomic E-state index is 0.226. The second-order valence-corrected chi connectivity index (χ2v) is 6.62. The van der Waals surface area contributed by atoms with Crippen LogP contribution in [0.25, 0.3) is 6.08 Å². The van der Waals surface area contributed by atoms with Gasteiger partial charge in [0.1, 0.15) is 0 Å². The van der Waals surface area contributed by atoms with E-state index >= 15 is 0 Å². The predicted octanol–water partition coefficient (Wildman–Crippen LogP) is 3.90. The molecule has 3 aliphatic rings. The molecule has 4 heteroatoms. The highest BCUT2D eigenvalue weighted by molar-refractivity contribution is 6.01. The number of benzene rings is 1. The third-order valence-electron chi connectivity index (χ3n) is 4.96. The van der Waals surface area contributed by atoms with Crippen LogP contribution in [0, 0.1) is 5.92 Å². The lowest BCUT2D eigenvalue weighted by Gasteiger charge is -2.41. The van der Waals surface area contributed by atoms with Gasteiger partial charge in [-0.25, -0.2) is 0 Å². The Hall–Kier alpha value is -1.97. The third-order valence-corrected chi connectivity index (χ3v) is 4.96. The second kappa shape index (κ2) is 7.73. The van der Waals surface area contributed by atoms with Crippen molar-refractivity contribution in [1.82, 2.24) is 4.90 Å². The first-order chi connectivity index (χ1) is 11.7. The van der Waals surface area contributed by atoms with E-state index < -0.39 is 0 Å². The molecule has 0 aliphatic carbocycles. The minimum Gasteiger partial charge on any atom is -0.493 e. The summed E-state index contributed by atoms with van der Waals surface area (Å²) in [6.45, 7) is 4.88. The molecule has 0 unspecified atom stereocenters. The van der Waals surface area contributed by atoms with Gasteiger partial charge in [0.15, 0.2) is 17.3 Å². The van der Waals surface area contributed by atoms with Crippen molar-refractivity contribution < 1.29 is 14.3 Å². The van der Waals surface area contributed by atoms with Gasteiger partial charge < -0.3 is 14.4 Å². The molecule has 0 spiro atoms. The van der Waals surface area contributed by atoms with Crippen LogP contribution in [0.15, 0.2) is 23.9 Å². The van der Waals surface area contributed by atoms with Crippen molar-refractivity contribution in [2.45, 2.75) is 39.0 Å². The highest BCUT2D eigenvalue weighted by Gasteiger charge is 2.36. The van der Waals surface area contributed by atoms with Gasteiger partial charge in [-0.05, 0) is 43.0 Å². The number of carbonyl (C=O) groups is 1. The molecule has 24 heavy (non-hydrogen) atoms. The topological polar surface area (TPSA) is 38.8 Å². The second-order valence-electron chi connectivity index (χ2n) is 6.62. The number of ether oxygens (including phenoxy) is 2. The van der Waals surface area contributed by atoms with Gasteiger partial charge >= 0.3 is 0 Å². The normalized spacial score (nSPS) is 19.2. The summed E-state index contributed by atoms with van der Waals surface area (Å²) in [4.78, 5) is 14.7. The molecular formula is C20H27NO3. The van der Waals surface area contributed by atoms with E-state index in [0.717, 1.165) is 55.1 Å². The van der Waals surface area contributed by atoms with Crippen LogP contribution in [0.2, 0.25) is 0 Å². The van der Waals surface area contributed by atoms with Crippen molar-refractivity contribution in [3.8, 4) is 11.5 Å². The zero-order valence-corrected chi connectivity index (χ0v) is 14.7. The third kappa shape index (κ3) is 3.58. The van der Waals surface area contributed by atoms with E-state index in [1.54, 1.807) is 7.11 Å². The molecule has 3 aliphatic heterocycles. The number of ketones is 1. The summed E-state index contributed by atoms with van der Waals surface area (Å²) in [6, 6.07) is 5.90. The van der Waals surface area contributed by atoms with E-state index in [1.807, 2.05) is 24.3 Å². The number of methoxy groups -OCH3 is 1. The lowest BCUT2D eigenvalue weighted by atomic mass is 9.84. The smallest absolute Gasteiger partial charge is 0.182 e. The Morgan fingerprint density at radius 3 is 2.67 bits per heavy atom. The van der Waals surface area contributed by atoms with Gasteiger partial charge in [-0.1, -0.05) is 25.8 Å². The molecule has 130 valence electrons. The fourth-order valence-electron chi connectivity index (χ4n) is 3.50. The SMILES string of the molecule is CCCCCOc1ccc(/C=C2/C(=O)C3CCN2CC3)cc1OC. The fraction of sp³-hybridized carbons (Fsp3) is 0.550. The predicted molar refractivity (Wildman–Crippen MR) is 95.3 cm³/mol. The van der Waals surface area contributed by atoms with Gasteiger partial charge in [-0.2, -0.15) is 0 Å². The van der Waals surface area contributed by atoms with Gasteiger partial charge in [0.25, 0.3) is 0 Å². The van der Waals surface area contributed by atoms with Crippen molar-refractivity contribution in [2.24, 2.45) is 5.92 Å². The van der Waals surface area contributed by atoms with Gasteiger partial charge in [0, 0.05) is 19.0 Å². The molecule has 2 bridgehead atoms. The maximum absolute atomic E-state index is 12.4. The summed E-state index contributed by atoms with van der Waals surface area (Å²) in [7, 11) is 1.66. The van der Waals surface area contributed by atoms with Crippen LogP contribution in [0.5, 0.6) is 11.5 Å². The average Bonchev–Trinajstić information content (AvgIpc) is 2.63. The Balaban J connectivity index is 1.74. The van der Waals surface area contributed by atoms with Crippen molar-refractivity contribution in [3.63, 3.8) is 0 Å². The number of carbonyl (C=O) groups excluding carboxylic acids is 1. The van der Waals surface area contributed by atoms with E-state index in [9.17, 15) is 4.79 Å². The van der Waals surface area contributed by atoms with Crippen molar-refractivity contribution in [1.29, 1.82) is 0 Å². The molecule has 1 aromatic carbocycles. The number of Topliss-reactive ketones (excluding diaryl/α,β-unsaturated/α-hetero) is 1. The van der Waals surface area contributed by atoms with Crippen LogP contribution in [0.1, 0.15) is 44.6 Å². The Morgan fingerprint density at radius 1 is 1.21 bits per heavy atom. The van der Waals surface area contributed by atoms with E-state index in [2.05, 4.69) is 11.8 Å². The van der Waals surface area contributed by atoms with Gasteiger partial charge in [-0.3, -0.25) is 4.79 Å². The molecule has 3 fully saturated rings. The van der Waals surface area contributed by atoms with E-state index in [-0.39, 0.29) is 5.92 Å². The number of rotatable bonds is 7. The molecule has 0 atom stereocenters. The van der Waals surface area contributed by atoms with Crippen LogP contribution in [-0.2, 0) is 4.79 Å². The summed E-state index contributed by atoms with van der Waals surface area (Å²) in [5, 5.41) is 0. The summed E-state index contributed by atoms with van der Waals surface area (Å²) < 4.78 is 11.3. The van der Waals surface area contributed by atoms with E-state index in [0.29, 0.717) is 12.4 Å². The van der Waals surface area contributed by atoms with Gasteiger partial charge in [0.05, 0.1) is 19.4 Å². The molecule has 0 saturated carbocycles. The van der Waals surface area contributed by atoms with Crippen LogP contribution in [0.3, 0.4) is 0 Å². The average molecular weight is 329 g/mol. The summed E-state index contributed by atoms with van der Waals surface area (Å²) in [5.41, 5.74) is 1.85. The zero-order chi connectivity index (χ0) is 16.9. The number of hydrogen-bond acceptors (Lipinski definition) is 4. The number of unbranched alkanes of at least 4 members (excludes halogenated alkanes) is 2. The van der Waals surface area contributed by atoms with Crippen molar-refractivity contribution >= 4 is 11.9 Å². The zero-order valence-electron chi connectivity index (χ0n) is 14.7. The molecule has 0 radical (unpaired) electrons. The number of fused-ring (bicyclic) bond motifs is 3. The first-order valence-corrected chi connectivity index (χ1v) is 9.04. The summed E-state index contributed by atoms with van der Waals surface area (Å²) in [6.07, 6.45) is 7.41. The monoisotopic (exact) mass is 329 g/mol. The number of nitrogens with zero attached hydrogens (tertiary/aromatic N) is 1. The van der Waals surface area contributed by atoms with Crippen LogP contribution < -0.4 is 9.47 Å².